The van der Waals surface area contributed by atoms with Gasteiger partial charge in [0.2, 0.25) is 0 Å². The number of hydrogen-bond donors (Lipinski definition) is 2. The minimum Gasteiger partial charge on any atom is -0.496 e. The Morgan fingerprint density at radius 3 is 2.59 bits per heavy atom. The number of alkyl halides is 2. The van der Waals surface area contributed by atoms with Gasteiger partial charge in [-0.1, -0.05) is 12.1 Å². The SMILES string of the molecule is CCO[C@@H]1C[C@H](c2ccc(C(=O)O)cc2)N(Cc2c(OC)cc(C)c3[nH]ccc23)[C@@H](C(F)F)C1. The number of H-pyrrole nitrogens is 1. The van der Waals surface area contributed by atoms with E-state index in [2.05, 4.69) is 4.98 Å². The summed E-state index contributed by atoms with van der Waals surface area (Å²) in [5, 5.41) is 10.2. The Bertz CT molecular complexity index is 1150. The summed E-state index contributed by atoms with van der Waals surface area (Å²) in [6, 6.07) is 8.97. The number of piperidine rings is 1. The number of carbonyl (C=O) groups is 1. The molecular formula is C26H30F2N2O4. The molecule has 0 saturated carbocycles. The van der Waals surface area contributed by atoms with Crippen molar-refractivity contribution in [2.45, 2.75) is 57.8 Å². The molecule has 0 aliphatic carbocycles. The van der Waals surface area contributed by atoms with Crippen LogP contribution >= 0.6 is 0 Å². The van der Waals surface area contributed by atoms with E-state index < -0.39 is 18.4 Å². The molecule has 0 radical (unpaired) electrons. The Kier molecular flexibility index (Phi) is 7.19. The summed E-state index contributed by atoms with van der Waals surface area (Å²) in [5.74, 6) is -0.367. The van der Waals surface area contributed by atoms with Gasteiger partial charge in [-0.2, -0.15) is 0 Å². The fraction of sp³-hybridized carbons (Fsp3) is 0.423. The molecule has 0 unspecified atom stereocenters. The zero-order chi connectivity index (χ0) is 24.4. The van der Waals surface area contributed by atoms with Crippen LogP contribution in [0.4, 0.5) is 8.78 Å². The minimum absolute atomic E-state index is 0.159. The number of benzene rings is 2. The molecule has 0 spiro atoms. The van der Waals surface area contributed by atoms with Crippen molar-refractivity contribution in [2.75, 3.05) is 13.7 Å². The number of hydrogen-bond acceptors (Lipinski definition) is 4. The molecule has 3 atom stereocenters. The van der Waals surface area contributed by atoms with Crippen LogP contribution in [-0.4, -0.2) is 53.2 Å². The number of methoxy groups -OCH3 is 1. The second-order valence-electron chi connectivity index (χ2n) is 8.71. The predicted molar refractivity (Wildman–Crippen MR) is 126 cm³/mol. The zero-order valence-electron chi connectivity index (χ0n) is 19.6. The number of aromatic carboxylic acids is 1. The largest absolute Gasteiger partial charge is 0.496 e. The molecule has 0 bridgehead atoms. The van der Waals surface area contributed by atoms with Crippen molar-refractivity contribution in [2.24, 2.45) is 0 Å². The van der Waals surface area contributed by atoms with Crippen LogP contribution in [0.15, 0.2) is 42.6 Å². The van der Waals surface area contributed by atoms with Gasteiger partial charge in [0.15, 0.2) is 0 Å². The first kappa shape index (κ1) is 24.2. The van der Waals surface area contributed by atoms with Gasteiger partial charge < -0.3 is 19.6 Å². The van der Waals surface area contributed by atoms with Gasteiger partial charge in [-0.3, -0.25) is 4.90 Å². The minimum atomic E-state index is -2.57. The number of nitrogens with zero attached hydrogens (tertiary/aromatic N) is 1. The first-order chi connectivity index (χ1) is 16.3. The maximum absolute atomic E-state index is 14.4. The molecule has 6 nitrogen and oxygen atoms in total. The number of ether oxygens (including phenoxy) is 2. The molecule has 2 heterocycles. The van der Waals surface area contributed by atoms with Gasteiger partial charge in [-0.25, -0.2) is 13.6 Å². The second kappa shape index (κ2) is 10.1. The molecule has 1 aromatic heterocycles. The molecule has 182 valence electrons. The van der Waals surface area contributed by atoms with E-state index in [4.69, 9.17) is 9.47 Å². The summed E-state index contributed by atoms with van der Waals surface area (Å²) in [6.07, 6.45) is -0.277. The fourth-order valence-electron chi connectivity index (χ4n) is 5.10. The van der Waals surface area contributed by atoms with E-state index in [0.717, 1.165) is 27.6 Å². The Morgan fingerprint density at radius 2 is 1.97 bits per heavy atom. The van der Waals surface area contributed by atoms with Gasteiger partial charge in [0.25, 0.3) is 6.43 Å². The average Bonchev–Trinajstić information content (AvgIpc) is 3.32. The van der Waals surface area contributed by atoms with Gasteiger partial charge in [0.1, 0.15) is 5.75 Å². The van der Waals surface area contributed by atoms with E-state index in [-0.39, 0.29) is 30.7 Å². The van der Waals surface area contributed by atoms with E-state index in [9.17, 15) is 18.7 Å². The van der Waals surface area contributed by atoms with Crippen molar-refractivity contribution in [3.8, 4) is 5.75 Å². The van der Waals surface area contributed by atoms with Gasteiger partial charge in [0.05, 0.1) is 24.8 Å². The summed E-state index contributed by atoms with van der Waals surface area (Å²) >= 11 is 0. The van der Waals surface area contributed by atoms with Crippen LogP contribution < -0.4 is 4.74 Å². The van der Waals surface area contributed by atoms with Crippen molar-refractivity contribution in [3.05, 3.63) is 64.8 Å². The molecule has 1 saturated heterocycles. The van der Waals surface area contributed by atoms with E-state index in [1.165, 1.54) is 12.1 Å². The van der Waals surface area contributed by atoms with Crippen molar-refractivity contribution < 1.29 is 28.2 Å². The van der Waals surface area contributed by atoms with Gasteiger partial charge in [-0.15, -0.1) is 0 Å². The predicted octanol–water partition coefficient (Wildman–Crippen LogP) is 5.56. The van der Waals surface area contributed by atoms with E-state index in [1.54, 1.807) is 19.2 Å². The smallest absolute Gasteiger partial charge is 0.335 e. The first-order valence-electron chi connectivity index (χ1n) is 11.5. The van der Waals surface area contributed by atoms with Crippen LogP contribution in [0.5, 0.6) is 5.75 Å². The Labute approximate surface area is 197 Å². The Balaban J connectivity index is 1.79. The number of carboxylic acids is 1. The third-order valence-corrected chi connectivity index (χ3v) is 6.72. The average molecular weight is 473 g/mol. The Hall–Kier alpha value is -2.97. The maximum Gasteiger partial charge on any atom is 0.335 e. The lowest BCUT2D eigenvalue weighted by molar-refractivity contribution is -0.0881. The number of fused-ring (bicyclic) bond motifs is 1. The summed E-state index contributed by atoms with van der Waals surface area (Å²) in [5.41, 5.74) is 3.76. The first-order valence-corrected chi connectivity index (χ1v) is 11.5. The zero-order valence-corrected chi connectivity index (χ0v) is 19.6. The van der Waals surface area contributed by atoms with Crippen molar-refractivity contribution >= 4 is 16.9 Å². The number of aromatic nitrogens is 1. The van der Waals surface area contributed by atoms with Gasteiger partial charge >= 0.3 is 5.97 Å². The molecule has 2 aromatic carbocycles. The molecule has 3 aromatic rings. The van der Waals surface area contributed by atoms with Gasteiger partial charge in [0, 0.05) is 41.9 Å². The molecule has 1 aliphatic heterocycles. The lowest BCUT2D eigenvalue weighted by atomic mass is 9.87. The topological polar surface area (TPSA) is 74.8 Å². The van der Waals surface area contributed by atoms with Gasteiger partial charge in [-0.05, 0) is 62.1 Å². The highest BCUT2D eigenvalue weighted by molar-refractivity contribution is 5.88. The van der Waals surface area contributed by atoms with Crippen LogP contribution in [0.25, 0.3) is 10.9 Å². The molecule has 34 heavy (non-hydrogen) atoms. The number of aryl methyl sites for hydroxylation is 1. The number of carboxylic acid groups (broad SMARTS) is 1. The number of likely N-dealkylation sites (tertiary alicyclic amines) is 1. The second-order valence-corrected chi connectivity index (χ2v) is 8.71. The highest BCUT2D eigenvalue weighted by Gasteiger charge is 2.41. The molecular weight excluding hydrogens is 442 g/mol. The molecule has 4 rings (SSSR count). The highest BCUT2D eigenvalue weighted by atomic mass is 19.3. The summed E-state index contributed by atoms with van der Waals surface area (Å²) in [4.78, 5) is 16.4. The molecule has 1 fully saturated rings. The summed E-state index contributed by atoms with van der Waals surface area (Å²) < 4.78 is 40.3. The van der Waals surface area contributed by atoms with Crippen molar-refractivity contribution in [3.63, 3.8) is 0 Å². The number of halogens is 2. The number of rotatable bonds is 8. The van der Waals surface area contributed by atoms with E-state index in [1.807, 2.05) is 37.1 Å². The van der Waals surface area contributed by atoms with E-state index in [0.29, 0.717) is 18.8 Å². The Morgan fingerprint density at radius 1 is 1.24 bits per heavy atom. The van der Waals surface area contributed by atoms with Crippen LogP contribution in [0.1, 0.15) is 52.9 Å². The monoisotopic (exact) mass is 472 g/mol. The third-order valence-electron chi connectivity index (χ3n) is 6.72. The number of nitrogens with one attached hydrogen (secondary N) is 1. The quantitative estimate of drug-likeness (QED) is 0.449. The van der Waals surface area contributed by atoms with E-state index >= 15 is 0 Å². The highest BCUT2D eigenvalue weighted by Crippen LogP contribution is 2.41. The van der Waals surface area contributed by atoms with Crippen LogP contribution in [0, 0.1) is 6.92 Å². The van der Waals surface area contributed by atoms with Crippen molar-refractivity contribution in [1.29, 1.82) is 0 Å². The fourth-order valence-corrected chi connectivity index (χ4v) is 5.10. The summed E-state index contributed by atoms with van der Waals surface area (Å²) in [6.45, 7) is 4.55. The maximum atomic E-state index is 14.4. The molecule has 2 N–H and O–H groups in total. The van der Waals surface area contributed by atoms with Crippen LogP contribution in [0.2, 0.25) is 0 Å². The normalized spacial score (nSPS) is 21.3. The lowest BCUT2D eigenvalue weighted by Gasteiger charge is -2.45. The van der Waals surface area contributed by atoms with Crippen LogP contribution in [0.3, 0.4) is 0 Å². The standard InChI is InChI=1S/C26H30F2N2O4/c1-4-34-18-12-21(16-5-7-17(8-6-16)26(31)32)30(22(13-18)25(27)28)14-20-19-9-10-29-24(19)15(2)11-23(20)33-3/h5-11,18,21-22,25,29H,4,12-14H2,1-3H3,(H,31,32)/t18-,21-,22-/m1/s1. The van der Waals surface area contributed by atoms with Crippen molar-refractivity contribution in [1.82, 2.24) is 9.88 Å². The third kappa shape index (κ3) is 4.65. The number of aromatic amines is 1. The lowest BCUT2D eigenvalue weighted by Crippen LogP contribution is -2.50. The molecule has 0 amide bonds. The molecule has 1 aliphatic rings. The van der Waals surface area contributed by atoms with Crippen LogP contribution in [-0.2, 0) is 11.3 Å². The summed E-state index contributed by atoms with van der Waals surface area (Å²) in [7, 11) is 1.59. The molecule has 8 heteroatoms.